The third-order valence-corrected chi connectivity index (χ3v) is 3.81. The van der Waals surface area contributed by atoms with E-state index in [-0.39, 0.29) is 31.2 Å². The van der Waals surface area contributed by atoms with Crippen molar-refractivity contribution >= 4 is 16.7 Å². The molecule has 0 aliphatic carbocycles. The zero-order valence-electron chi connectivity index (χ0n) is 12.2. The van der Waals surface area contributed by atoms with Crippen LogP contribution in [0.3, 0.4) is 0 Å². The molecule has 2 aromatic rings. The number of hydrogen-bond donors (Lipinski definition) is 1. The molecule has 2 heterocycles. The van der Waals surface area contributed by atoms with E-state index < -0.39 is 18.9 Å². The van der Waals surface area contributed by atoms with E-state index in [2.05, 4.69) is 10.2 Å². The van der Waals surface area contributed by atoms with E-state index in [1.165, 1.54) is 0 Å². The van der Waals surface area contributed by atoms with E-state index in [9.17, 15) is 18.4 Å². The lowest BCUT2D eigenvalue weighted by atomic mass is 10.1. The molecule has 1 saturated heterocycles. The van der Waals surface area contributed by atoms with Crippen LogP contribution in [0.2, 0.25) is 0 Å². The molecule has 0 radical (unpaired) electrons. The quantitative estimate of drug-likeness (QED) is 0.889. The number of aromatic amines is 1. The summed E-state index contributed by atoms with van der Waals surface area (Å²) >= 11 is 0. The number of amides is 1. The first kappa shape index (κ1) is 15.5. The fraction of sp³-hybridized carbons (Fsp3) is 0.400. The minimum Gasteiger partial charge on any atom is -0.377 e. The molecule has 0 bridgehead atoms. The summed E-state index contributed by atoms with van der Waals surface area (Å²) in [6, 6.07) is 6.42. The summed E-state index contributed by atoms with van der Waals surface area (Å²) < 4.78 is 30.4. The third-order valence-electron chi connectivity index (χ3n) is 3.81. The lowest BCUT2D eigenvalue weighted by Gasteiger charge is -2.37. The summed E-state index contributed by atoms with van der Waals surface area (Å²) in [5.74, 6) is -0.455. The van der Waals surface area contributed by atoms with Crippen LogP contribution in [0.5, 0.6) is 0 Å². The van der Waals surface area contributed by atoms with Crippen molar-refractivity contribution in [1.82, 2.24) is 15.1 Å². The molecule has 0 atom stereocenters. The van der Waals surface area contributed by atoms with Gasteiger partial charge < -0.3 is 9.64 Å². The minimum absolute atomic E-state index is 0.152. The number of benzene rings is 1. The van der Waals surface area contributed by atoms with E-state index >= 15 is 0 Å². The summed E-state index contributed by atoms with van der Waals surface area (Å²) in [6.45, 7) is -0.106. The average molecular weight is 323 g/mol. The smallest absolute Gasteiger partial charge is 0.272 e. The number of carbonyl (C=O) groups is 1. The van der Waals surface area contributed by atoms with Crippen molar-refractivity contribution in [2.75, 3.05) is 19.8 Å². The zero-order valence-corrected chi connectivity index (χ0v) is 12.2. The number of halogens is 2. The minimum atomic E-state index is -2.61. The molecule has 3 rings (SSSR count). The van der Waals surface area contributed by atoms with Gasteiger partial charge in [0.25, 0.3) is 12.0 Å². The van der Waals surface area contributed by atoms with E-state index in [1.807, 2.05) is 0 Å². The Hall–Kier alpha value is -2.35. The van der Waals surface area contributed by atoms with Crippen LogP contribution in [-0.4, -0.2) is 53.2 Å². The molecule has 1 fully saturated rings. The predicted molar refractivity (Wildman–Crippen MR) is 78.4 cm³/mol. The zero-order chi connectivity index (χ0) is 16.4. The van der Waals surface area contributed by atoms with Crippen molar-refractivity contribution in [2.45, 2.75) is 18.9 Å². The van der Waals surface area contributed by atoms with Crippen LogP contribution in [0.25, 0.3) is 10.8 Å². The van der Waals surface area contributed by atoms with Crippen LogP contribution in [-0.2, 0) is 16.0 Å². The van der Waals surface area contributed by atoms with E-state index in [4.69, 9.17) is 4.74 Å². The highest BCUT2D eigenvalue weighted by atomic mass is 19.3. The highest BCUT2D eigenvalue weighted by Crippen LogP contribution is 2.17. The van der Waals surface area contributed by atoms with Crippen LogP contribution < -0.4 is 5.56 Å². The topological polar surface area (TPSA) is 75.3 Å². The van der Waals surface area contributed by atoms with Gasteiger partial charge in [0.05, 0.1) is 43.3 Å². The molecule has 6 nitrogen and oxygen atoms in total. The van der Waals surface area contributed by atoms with Gasteiger partial charge in [0, 0.05) is 5.39 Å². The molecular formula is C15H15F2N3O3. The van der Waals surface area contributed by atoms with Gasteiger partial charge in [-0.1, -0.05) is 18.2 Å². The van der Waals surface area contributed by atoms with Gasteiger partial charge >= 0.3 is 0 Å². The van der Waals surface area contributed by atoms with Crippen LogP contribution in [0.15, 0.2) is 29.1 Å². The van der Waals surface area contributed by atoms with Crippen LogP contribution in [0, 0.1) is 0 Å². The number of fused-ring (bicyclic) bond motifs is 1. The molecule has 1 aliphatic heterocycles. The molecule has 1 aromatic heterocycles. The maximum absolute atomic E-state index is 12.7. The highest BCUT2D eigenvalue weighted by molar-refractivity contribution is 5.88. The summed E-state index contributed by atoms with van der Waals surface area (Å²) in [5.41, 5.74) is 0.0123. The van der Waals surface area contributed by atoms with Crippen LogP contribution >= 0.6 is 0 Å². The molecular weight excluding hydrogens is 308 g/mol. The Morgan fingerprint density at radius 2 is 2.04 bits per heavy atom. The number of alkyl halides is 2. The standard InChI is InChI=1S/C15H15F2N3O3/c16-13(17)6-20(9-7-23-8-9)14(21)5-12-10-3-1-2-4-11(10)15(22)19-18-12/h1-4,9,13H,5-8H2,(H,19,22). The number of H-pyrrole nitrogens is 1. The molecule has 1 amide bonds. The van der Waals surface area contributed by atoms with Crippen molar-refractivity contribution in [2.24, 2.45) is 0 Å². The fourth-order valence-corrected chi connectivity index (χ4v) is 2.56. The van der Waals surface area contributed by atoms with Crippen LogP contribution in [0.4, 0.5) is 8.78 Å². The van der Waals surface area contributed by atoms with Crippen molar-refractivity contribution in [3.8, 4) is 0 Å². The van der Waals surface area contributed by atoms with Crippen molar-refractivity contribution in [1.29, 1.82) is 0 Å². The highest BCUT2D eigenvalue weighted by Gasteiger charge is 2.32. The maximum Gasteiger partial charge on any atom is 0.272 e. The van der Waals surface area contributed by atoms with Gasteiger partial charge in [0.1, 0.15) is 0 Å². The Balaban J connectivity index is 1.87. The lowest BCUT2D eigenvalue weighted by Crippen LogP contribution is -2.53. The number of nitrogens with zero attached hydrogens (tertiary/aromatic N) is 2. The average Bonchev–Trinajstić information content (AvgIpc) is 2.47. The van der Waals surface area contributed by atoms with E-state index in [1.54, 1.807) is 24.3 Å². The summed E-state index contributed by atoms with van der Waals surface area (Å²) in [5, 5.41) is 7.21. The largest absolute Gasteiger partial charge is 0.377 e. The number of hydrogen-bond acceptors (Lipinski definition) is 4. The Morgan fingerprint density at radius 1 is 1.35 bits per heavy atom. The van der Waals surface area contributed by atoms with E-state index in [0.29, 0.717) is 16.5 Å². The molecule has 1 aliphatic rings. The first-order chi connectivity index (χ1) is 11.1. The second kappa shape index (κ2) is 6.41. The number of ether oxygens (including phenoxy) is 1. The van der Waals surface area contributed by atoms with Crippen molar-refractivity contribution < 1.29 is 18.3 Å². The predicted octanol–water partition coefficient (Wildman–Crippen LogP) is 0.958. The van der Waals surface area contributed by atoms with Gasteiger partial charge in [-0.2, -0.15) is 5.10 Å². The SMILES string of the molecule is O=C(Cc1n[nH]c(=O)c2ccccc12)N(CC(F)F)C1COC1. The molecule has 122 valence electrons. The van der Waals surface area contributed by atoms with Crippen molar-refractivity contribution in [3.63, 3.8) is 0 Å². The second-order valence-electron chi connectivity index (χ2n) is 5.35. The second-order valence-corrected chi connectivity index (χ2v) is 5.35. The number of nitrogens with one attached hydrogen (secondary N) is 1. The Kier molecular flexibility index (Phi) is 4.33. The molecule has 0 saturated carbocycles. The summed E-state index contributed by atoms with van der Waals surface area (Å²) in [4.78, 5) is 25.3. The first-order valence-corrected chi connectivity index (χ1v) is 7.18. The van der Waals surface area contributed by atoms with Gasteiger partial charge in [-0.05, 0) is 6.07 Å². The number of aromatic nitrogens is 2. The first-order valence-electron chi connectivity index (χ1n) is 7.18. The normalized spacial score (nSPS) is 14.9. The summed E-state index contributed by atoms with van der Waals surface area (Å²) in [7, 11) is 0. The fourth-order valence-electron chi connectivity index (χ4n) is 2.56. The molecule has 0 spiro atoms. The van der Waals surface area contributed by atoms with E-state index in [0.717, 1.165) is 4.90 Å². The molecule has 23 heavy (non-hydrogen) atoms. The monoisotopic (exact) mass is 323 g/mol. The van der Waals surface area contributed by atoms with Crippen molar-refractivity contribution in [3.05, 3.63) is 40.3 Å². The van der Waals surface area contributed by atoms with Crippen LogP contribution in [0.1, 0.15) is 5.69 Å². The molecule has 1 N–H and O–H groups in total. The summed E-state index contributed by atoms with van der Waals surface area (Å²) in [6.07, 6.45) is -2.76. The third kappa shape index (κ3) is 3.21. The molecule has 8 heteroatoms. The van der Waals surface area contributed by atoms with Gasteiger partial charge in [-0.25, -0.2) is 13.9 Å². The van der Waals surface area contributed by atoms with Gasteiger partial charge in [0.2, 0.25) is 5.91 Å². The van der Waals surface area contributed by atoms with Gasteiger partial charge in [0.15, 0.2) is 0 Å². The lowest BCUT2D eigenvalue weighted by molar-refractivity contribution is -0.147. The molecule has 1 aromatic carbocycles. The number of rotatable bonds is 5. The Labute approximate surface area is 130 Å². The Morgan fingerprint density at radius 3 is 2.65 bits per heavy atom. The molecule has 0 unspecified atom stereocenters. The maximum atomic E-state index is 12.7. The number of carbonyl (C=O) groups excluding carboxylic acids is 1. The Bertz CT molecular complexity index is 774. The van der Waals surface area contributed by atoms with Gasteiger partial charge in [-0.15, -0.1) is 0 Å². The van der Waals surface area contributed by atoms with Gasteiger partial charge in [-0.3, -0.25) is 9.59 Å².